The number of esters is 1. The third kappa shape index (κ3) is 4.31. The van der Waals surface area contributed by atoms with Crippen LogP contribution in [0.25, 0.3) is 0 Å². The first kappa shape index (κ1) is 24.3. The van der Waals surface area contributed by atoms with Gasteiger partial charge in [-0.05, 0) is 37.6 Å². The van der Waals surface area contributed by atoms with Gasteiger partial charge in [0.2, 0.25) is 5.91 Å². The van der Waals surface area contributed by atoms with E-state index >= 15 is 0 Å². The van der Waals surface area contributed by atoms with E-state index in [-0.39, 0.29) is 24.3 Å². The number of nitrogens with zero attached hydrogens (tertiary/aromatic N) is 1. The van der Waals surface area contributed by atoms with Crippen molar-refractivity contribution in [3.8, 4) is 11.5 Å². The number of para-hydroxylation sites is 2. The fraction of sp³-hybridized carbons (Fsp3) is 0.308. The average Bonchev–Trinajstić information content (AvgIpc) is 3.19. The molecular formula is C26H27ClN2O4S. The molecule has 3 heterocycles. The van der Waals surface area contributed by atoms with E-state index in [4.69, 9.17) is 9.47 Å². The maximum absolute atomic E-state index is 13.7. The van der Waals surface area contributed by atoms with E-state index < -0.39 is 5.92 Å². The summed E-state index contributed by atoms with van der Waals surface area (Å²) in [7, 11) is 0. The molecule has 2 aromatic carbocycles. The fourth-order valence-electron chi connectivity index (χ4n) is 4.61. The van der Waals surface area contributed by atoms with Gasteiger partial charge in [0.1, 0.15) is 16.5 Å². The van der Waals surface area contributed by atoms with Crippen LogP contribution >= 0.6 is 23.7 Å². The van der Waals surface area contributed by atoms with Gasteiger partial charge in [-0.3, -0.25) is 9.69 Å². The van der Waals surface area contributed by atoms with Crippen molar-refractivity contribution in [1.29, 1.82) is 0 Å². The van der Waals surface area contributed by atoms with Crippen LogP contribution < -0.4 is 10.1 Å². The summed E-state index contributed by atoms with van der Waals surface area (Å²) in [6.07, 6.45) is 0.770. The molecule has 2 aliphatic heterocycles. The summed E-state index contributed by atoms with van der Waals surface area (Å²) >= 11 is 1.48. The zero-order valence-corrected chi connectivity index (χ0v) is 20.8. The molecule has 0 atom stereocenters. The maximum atomic E-state index is 13.7. The summed E-state index contributed by atoms with van der Waals surface area (Å²) < 4.78 is 11.4. The highest BCUT2D eigenvalue weighted by Gasteiger charge is 2.35. The molecule has 2 aliphatic rings. The molecule has 1 N–H and O–H groups in total. The van der Waals surface area contributed by atoms with E-state index in [1.54, 1.807) is 6.92 Å². The third-order valence-corrected chi connectivity index (χ3v) is 7.37. The summed E-state index contributed by atoms with van der Waals surface area (Å²) in [5.74, 6) is 0.252. The van der Waals surface area contributed by atoms with E-state index in [0.29, 0.717) is 28.7 Å². The summed E-state index contributed by atoms with van der Waals surface area (Å²) in [5, 5.41) is 3.67. The first-order valence-corrected chi connectivity index (χ1v) is 12.1. The molecule has 0 spiro atoms. The highest BCUT2D eigenvalue weighted by molar-refractivity contribution is 7.17. The van der Waals surface area contributed by atoms with Crippen molar-refractivity contribution in [1.82, 2.24) is 4.90 Å². The second kappa shape index (κ2) is 10.2. The Morgan fingerprint density at radius 1 is 1.09 bits per heavy atom. The Balaban J connectivity index is 0.00000274. The normalized spacial score (nSPS) is 14.6. The number of ether oxygens (including phenoxy) is 2. The SMILES string of the molecule is CCOC(=O)c1c(NC(=O)C2c3ccccc3Oc3ccccc32)sc2c1CCN(CC)C2.Cl. The smallest absolute Gasteiger partial charge is 0.341 e. The van der Waals surface area contributed by atoms with E-state index in [0.717, 1.165) is 47.6 Å². The van der Waals surface area contributed by atoms with Gasteiger partial charge in [-0.1, -0.05) is 43.3 Å². The maximum Gasteiger partial charge on any atom is 0.341 e. The Bertz CT molecular complexity index is 1180. The number of likely N-dealkylation sites (N-methyl/N-ethyl adjacent to an activating group) is 1. The highest BCUT2D eigenvalue weighted by atomic mass is 35.5. The van der Waals surface area contributed by atoms with Gasteiger partial charge in [-0.2, -0.15) is 0 Å². The number of thiophene rings is 1. The van der Waals surface area contributed by atoms with Crippen molar-refractivity contribution >= 4 is 40.6 Å². The van der Waals surface area contributed by atoms with Crippen molar-refractivity contribution in [2.24, 2.45) is 0 Å². The number of nitrogens with one attached hydrogen (secondary N) is 1. The minimum absolute atomic E-state index is 0. The van der Waals surface area contributed by atoms with Gasteiger partial charge in [0.05, 0.1) is 18.1 Å². The van der Waals surface area contributed by atoms with Crippen molar-refractivity contribution in [2.45, 2.75) is 32.7 Å². The number of carbonyl (C=O) groups excluding carboxylic acids is 2. The zero-order chi connectivity index (χ0) is 22.9. The van der Waals surface area contributed by atoms with Crippen LogP contribution in [0.15, 0.2) is 48.5 Å². The molecule has 1 amide bonds. The molecule has 1 aromatic heterocycles. The van der Waals surface area contributed by atoms with Crippen molar-refractivity contribution in [3.63, 3.8) is 0 Å². The van der Waals surface area contributed by atoms with E-state index in [1.807, 2.05) is 48.5 Å². The number of anilines is 1. The molecule has 8 heteroatoms. The quantitative estimate of drug-likeness (QED) is 0.464. The van der Waals surface area contributed by atoms with Crippen LogP contribution in [0.5, 0.6) is 11.5 Å². The lowest BCUT2D eigenvalue weighted by Crippen LogP contribution is -2.30. The second-order valence-electron chi connectivity index (χ2n) is 8.15. The second-order valence-corrected chi connectivity index (χ2v) is 9.25. The van der Waals surface area contributed by atoms with E-state index in [9.17, 15) is 9.59 Å². The lowest BCUT2D eigenvalue weighted by atomic mass is 9.87. The Kier molecular flexibility index (Phi) is 7.26. The predicted octanol–water partition coefficient (Wildman–Crippen LogP) is 5.60. The molecule has 0 saturated carbocycles. The van der Waals surface area contributed by atoms with Gasteiger partial charge in [-0.25, -0.2) is 4.79 Å². The number of fused-ring (bicyclic) bond motifs is 3. The molecule has 0 radical (unpaired) electrons. The minimum atomic E-state index is -0.535. The Morgan fingerprint density at radius 2 is 1.74 bits per heavy atom. The van der Waals surface area contributed by atoms with Crippen LogP contribution in [0, 0.1) is 0 Å². The summed E-state index contributed by atoms with van der Waals surface area (Å²) in [6, 6.07) is 15.2. The first-order valence-electron chi connectivity index (χ1n) is 11.3. The molecule has 0 saturated heterocycles. The number of carbonyl (C=O) groups is 2. The van der Waals surface area contributed by atoms with Crippen molar-refractivity contribution in [3.05, 3.63) is 75.7 Å². The first-order chi connectivity index (χ1) is 16.1. The monoisotopic (exact) mass is 498 g/mol. The molecule has 3 aromatic rings. The Morgan fingerprint density at radius 3 is 2.35 bits per heavy atom. The predicted molar refractivity (Wildman–Crippen MR) is 136 cm³/mol. The van der Waals surface area contributed by atoms with Gasteiger partial charge < -0.3 is 14.8 Å². The summed E-state index contributed by atoms with van der Waals surface area (Å²) in [4.78, 5) is 30.1. The third-order valence-electron chi connectivity index (χ3n) is 6.24. The van der Waals surface area contributed by atoms with Crippen molar-refractivity contribution in [2.75, 3.05) is 25.0 Å². The van der Waals surface area contributed by atoms with Gasteiger partial charge in [-0.15, -0.1) is 23.7 Å². The molecule has 178 valence electrons. The Labute approximate surface area is 209 Å². The fourth-order valence-corrected chi connectivity index (χ4v) is 5.89. The van der Waals surface area contributed by atoms with Gasteiger partial charge in [0.25, 0.3) is 0 Å². The largest absolute Gasteiger partial charge is 0.462 e. The minimum Gasteiger partial charge on any atom is -0.462 e. The van der Waals surface area contributed by atoms with Crippen molar-refractivity contribution < 1.29 is 19.1 Å². The molecule has 0 unspecified atom stereocenters. The summed E-state index contributed by atoms with van der Waals surface area (Å²) in [6.45, 7) is 6.84. The molecule has 5 rings (SSSR count). The number of amides is 1. The lowest BCUT2D eigenvalue weighted by Gasteiger charge is -2.27. The van der Waals surface area contributed by atoms with Crippen LogP contribution in [-0.2, 0) is 22.5 Å². The summed E-state index contributed by atoms with van der Waals surface area (Å²) in [5.41, 5.74) is 3.13. The average molecular weight is 499 g/mol. The molecule has 0 fully saturated rings. The van der Waals surface area contributed by atoms with E-state index in [2.05, 4.69) is 17.1 Å². The van der Waals surface area contributed by atoms with Gasteiger partial charge in [0.15, 0.2) is 0 Å². The van der Waals surface area contributed by atoms with Crippen LogP contribution in [0.4, 0.5) is 5.00 Å². The molecule has 0 aliphatic carbocycles. The molecule has 34 heavy (non-hydrogen) atoms. The molecular weight excluding hydrogens is 472 g/mol. The number of hydrogen-bond donors (Lipinski definition) is 1. The number of rotatable bonds is 5. The highest BCUT2D eigenvalue weighted by Crippen LogP contribution is 2.45. The van der Waals surface area contributed by atoms with Crippen LogP contribution in [0.1, 0.15) is 51.7 Å². The van der Waals surface area contributed by atoms with Crippen LogP contribution in [0.3, 0.4) is 0 Å². The van der Waals surface area contributed by atoms with Crippen LogP contribution in [0.2, 0.25) is 0 Å². The van der Waals surface area contributed by atoms with Gasteiger partial charge >= 0.3 is 5.97 Å². The van der Waals surface area contributed by atoms with Crippen LogP contribution in [-0.4, -0.2) is 36.5 Å². The molecule has 0 bridgehead atoms. The number of benzene rings is 2. The topological polar surface area (TPSA) is 67.9 Å². The number of hydrogen-bond acceptors (Lipinski definition) is 6. The lowest BCUT2D eigenvalue weighted by molar-refractivity contribution is -0.116. The standard InChI is InChI=1S/C26H26N2O4S.ClH/c1-3-28-14-13-18-21(15-28)33-25(23(18)26(30)31-4-2)27-24(29)22-16-9-5-7-11-19(16)32-20-12-8-6-10-17(20)22;/h5-12,22H,3-4,13-15H2,1-2H3,(H,27,29);1H. The van der Waals surface area contributed by atoms with Gasteiger partial charge in [0, 0.05) is 29.1 Å². The zero-order valence-electron chi connectivity index (χ0n) is 19.1. The Hall–Kier alpha value is -2.87. The van der Waals surface area contributed by atoms with E-state index in [1.165, 1.54) is 11.3 Å². The number of halogens is 1. The molecule has 6 nitrogen and oxygen atoms in total.